The van der Waals surface area contributed by atoms with Crippen molar-refractivity contribution in [3.8, 4) is 0 Å². The highest BCUT2D eigenvalue weighted by atomic mass is 16.6. The van der Waals surface area contributed by atoms with Crippen molar-refractivity contribution in [1.82, 2.24) is 0 Å². The van der Waals surface area contributed by atoms with Crippen molar-refractivity contribution in [3.05, 3.63) is 60.8 Å². The molecule has 1 N–H and O–H groups in total. The third-order valence-corrected chi connectivity index (χ3v) is 8.33. The second-order valence-electron chi connectivity index (χ2n) is 13.0. The van der Waals surface area contributed by atoms with Crippen LogP contribution in [-0.2, 0) is 14.3 Å². The van der Waals surface area contributed by atoms with E-state index in [0.29, 0.717) is 13.0 Å². The van der Waals surface area contributed by atoms with Crippen molar-refractivity contribution >= 4 is 5.97 Å². The molecule has 0 aliphatic rings. The highest BCUT2D eigenvalue weighted by molar-refractivity contribution is 5.69. The van der Waals surface area contributed by atoms with E-state index in [9.17, 15) is 9.90 Å². The van der Waals surface area contributed by atoms with Crippen LogP contribution in [0.5, 0.6) is 0 Å². The molecule has 0 bridgehead atoms. The molecular weight excluding hydrogens is 580 g/mol. The summed E-state index contributed by atoms with van der Waals surface area (Å²) >= 11 is 0. The first-order valence-electron chi connectivity index (χ1n) is 19.9. The molecule has 1 unspecified atom stereocenters. The second-order valence-corrected chi connectivity index (χ2v) is 13.0. The van der Waals surface area contributed by atoms with Gasteiger partial charge in [0, 0.05) is 13.0 Å². The summed E-state index contributed by atoms with van der Waals surface area (Å²) in [6.07, 6.45) is 52.6. The van der Waals surface area contributed by atoms with Crippen molar-refractivity contribution in [3.63, 3.8) is 0 Å². The van der Waals surface area contributed by atoms with Gasteiger partial charge in [-0.05, 0) is 77.0 Å². The van der Waals surface area contributed by atoms with E-state index in [2.05, 4.69) is 74.6 Å². The minimum atomic E-state index is -0.543. The third kappa shape index (κ3) is 38.4. The SMILES string of the molecule is CC/C=C\C/C=C\C/C=C\C/C=C\CCCCCCCCCCC(=O)OC(CO)COCCCCCCCC/C=C\CCCCCC. The first kappa shape index (κ1) is 45.1. The monoisotopic (exact) mass is 657 g/mol. The predicted octanol–water partition coefficient (Wildman–Crippen LogP) is 12.9. The first-order valence-corrected chi connectivity index (χ1v) is 19.9. The molecule has 0 saturated heterocycles. The minimum Gasteiger partial charge on any atom is -0.457 e. The van der Waals surface area contributed by atoms with Crippen LogP contribution in [0.25, 0.3) is 0 Å². The minimum absolute atomic E-state index is 0.179. The van der Waals surface area contributed by atoms with Gasteiger partial charge in [-0.3, -0.25) is 4.79 Å². The van der Waals surface area contributed by atoms with Crippen LogP contribution >= 0.6 is 0 Å². The Kier molecular flexibility index (Phi) is 38.6. The molecule has 0 spiro atoms. The van der Waals surface area contributed by atoms with Crippen LogP contribution in [0, 0.1) is 0 Å². The van der Waals surface area contributed by atoms with Crippen LogP contribution in [0.1, 0.15) is 181 Å². The molecule has 1 atom stereocenters. The summed E-state index contributed by atoms with van der Waals surface area (Å²) in [6.45, 7) is 5.20. The zero-order valence-electron chi connectivity index (χ0n) is 31.0. The number of esters is 1. The van der Waals surface area contributed by atoms with Gasteiger partial charge in [-0.15, -0.1) is 0 Å². The van der Waals surface area contributed by atoms with Crippen molar-refractivity contribution in [2.24, 2.45) is 0 Å². The van der Waals surface area contributed by atoms with Crippen molar-refractivity contribution in [2.75, 3.05) is 19.8 Å². The molecule has 0 aromatic carbocycles. The average Bonchev–Trinajstić information content (AvgIpc) is 3.08. The molecule has 0 heterocycles. The van der Waals surface area contributed by atoms with E-state index in [1.54, 1.807) is 0 Å². The van der Waals surface area contributed by atoms with Gasteiger partial charge in [0.25, 0.3) is 0 Å². The molecule has 0 rings (SSSR count). The molecule has 0 aliphatic heterocycles. The summed E-state index contributed by atoms with van der Waals surface area (Å²) in [5.74, 6) is -0.213. The number of rotatable bonds is 36. The maximum absolute atomic E-state index is 12.2. The van der Waals surface area contributed by atoms with Crippen molar-refractivity contribution in [1.29, 1.82) is 0 Å². The molecule has 0 aromatic heterocycles. The molecule has 0 aliphatic carbocycles. The van der Waals surface area contributed by atoms with Crippen LogP contribution in [0.15, 0.2) is 60.8 Å². The Labute approximate surface area is 292 Å². The van der Waals surface area contributed by atoms with Gasteiger partial charge in [-0.25, -0.2) is 0 Å². The van der Waals surface area contributed by atoms with Gasteiger partial charge >= 0.3 is 5.97 Å². The van der Waals surface area contributed by atoms with Crippen LogP contribution in [0.4, 0.5) is 0 Å². The van der Waals surface area contributed by atoms with Gasteiger partial charge in [0.15, 0.2) is 0 Å². The zero-order valence-corrected chi connectivity index (χ0v) is 31.0. The molecule has 0 radical (unpaired) electrons. The highest BCUT2D eigenvalue weighted by Gasteiger charge is 2.13. The molecule has 0 amide bonds. The maximum atomic E-state index is 12.2. The Morgan fingerprint density at radius 2 is 0.957 bits per heavy atom. The summed E-state index contributed by atoms with van der Waals surface area (Å²) in [5, 5.41) is 9.57. The number of carbonyl (C=O) groups is 1. The van der Waals surface area contributed by atoms with Gasteiger partial charge in [-0.1, -0.05) is 158 Å². The fourth-order valence-corrected chi connectivity index (χ4v) is 5.37. The Morgan fingerprint density at radius 1 is 0.532 bits per heavy atom. The number of hydrogen-bond acceptors (Lipinski definition) is 4. The maximum Gasteiger partial charge on any atom is 0.306 e. The zero-order chi connectivity index (χ0) is 34.1. The topological polar surface area (TPSA) is 55.8 Å². The van der Waals surface area contributed by atoms with Crippen LogP contribution in [0.2, 0.25) is 0 Å². The van der Waals surface area contributed by atoms with E-state index in [1.165, 1.54) is 116 Å². The quantitative estimate of drug-likeness (QED) is 0.0414. The molecule has 0 fully saturated rings. The molecule has 4 heteroatoms. The van der Waals surface area contributed by atoms with Gasteiger partial charge in [-0.2, -0.15) is 0 Å². The fraction of sp³-hybridized carbons (Fsp3) is 0.744. The van der Waals surface area contributed by atoms with E-state index in [-0.39, 0.29) is 19.2 Å². The largest absolute Gasteiger partial charge is 0.457 e. The molecule has 0 saturated carbocycles. The molecule has 4 nitrogen and oxygen atoms in total. The Bertz CT molecular complexity index is 779. The van der Waals surface area contributed by atoms with Crippen LogP contribution in [0.3, 0.4) is 0 Å². The van der Waals surface area contributed by atoms with E-state index >= 15 is 0 Å². The second kappa shape index (κ2) is 40.3. The van der Waals surface area contributed by atoms with E-state index < -0.39 is 6.10 Å². The average molecular weight is 657 g/mol. The normalized spacial score (nSPS) is 13.0. The van der Waals surface area contributed by atoms with Gasteiger partial charge in [0.1, 0.15) is 6.10 Å². The summed E-state index contributed by atoms with van der Waals surface area (Å²) in [6, 6.07) is 0. The number of allylic oxidation sites excluding steroid dienone is 10. The van der Waals surface area contributed by atoms with Gasteiger partial charge in [0.05, 0.1) is 13.2 Å². The Hall–Kier alpha value is -1.91. The first-order chi connectivity index (χ1) is 23.2. The highest BCUT2D eigenvalue weighted by Crippen LogP contribution is 2.12. The predicted molar refractivity (Wildman–Crippen MR) is 205 cm³/mol. The van der Waals surface area contributed by atoms with Crippen LogP contribution < -0.4 is 0 Å². The van der Waals surface area contributed by atoms with E-state index in [1.807, 2.05) is 0 Å². The standard InChI is InChI=1S/C43H76O4/c1-3-5-7-9-11-13-15-17-19-20-21-22-23-24-25-26-28-30-32-34-36-38-43(45)47-42(40-44)41-46-39-37-35-33-31-29-27-18-16-14-12-10-8-6-4-2/h5,7,11,13-14,16-17,19,21-22,42,44H,3-4,6,8-10,12,15,18,20,23-41H2,1-2H3/b7-5-,13-11-,16-14-,19-17-,22-21-. The van der Waals surface area contributed by atoms with Crippen molar-refractivity contribution < 1.29 is 19.4 Å². The van der Waals surface area contributed by atoms with Gasteiger partial charge < -0.3 is 14.6 Å². The molecule has 272 valence electrons. The molecular formula is C43H76O4. The van der Waals surface area contributed by atoms with E-state index in [0.717, 1.165) is 44.9 Å². The Morgan fingerprint density at radius 3 is 1.47 bits per heavy atom. The van der Waals surface area contributed by atoms with Crippen LogP contribution in [-0.4, -0.2) is 37.0 Å². The summed E-state index contributed by atoms with van der Waals surface area (Å²) in [5.41, 5.74) is 0. The lowest BCUT2D eigenvalue weighted by atomic mass is 10.1. The number of hydrogen-bond donors (Lipinski definition) is 1. The van der Waals surface area contributed by atoms with Gasteiger partial charge in [0.2, 0.25) is 0 Å². The van der Waals surface area contributed by atoms with Crippen molar-refractivity contribution in [2.45, 2.75) is 187 Å². The number of ether oxygens (including phenoxy) is 2. The summed E-state index contributed by atoms with van der Waals surface area (Å²) in [4.78, 5) is 12.2. The molecule has 0 aromatic rings. The lowest BCUT2D eigenvalue weighted by Crippen LogP contribution is -2.27. The number of carbonyl (C=O) groups excluding carboxylic acids is 1. The lowest BCUT2D eigenvalue weighted by Gasteiger charge is -2.15. The third-order valence-electron chi connectivity index (χ3n) is 8.33. The summed E-state index contributed by atoms with van der Waals surface area (Å²) < 4.78 is 11.1. The smallest absolute Gasteiger partial charge is 0.306 e. The summed E-state index contributed by atoms with van der Waals surface area (Å²) in [7, 11) is 0. The number of aliphatic hydroxyl groups excluding tert-OH is 1. The lowest BCUT2D eigenvalue weighted by molar-refractivity contribution is -0.154. The number of aliphatic hydroxyl groups is 1. The fourth-order valence-electron chi connectivity index (χ4n) is 5.37. The number of unbranched alkanes of at least 4 members (excludes halogenated alkanes) is 18. The Balaban J connectivity index is 3.48. The molecule has 47 heavy (non-hydrogen) atoms. The van der Waals surface area contributed by atoms with E-state index in [4.69, 9.17) is 9.47 Å².